The number of benzene rings is 4. The zero-order chi connectivity index (χ0) is 20.5. The number of carbonyl (C=O) groups excluding carboxylic acids is 1. The Labute approximate surface area is 177 Å². The molecule has 0 amide bonds. The van der Waals surface area contributed by atoms with Gasteiger partial charge in [-0.25, -0.2) is 0 Å². The van der Waals surface area contributed by atoms with Crippen LogP contribution in [0.2, 0.25) is 0 Å². The lowest BCUT2D eigenvalue weighted by molar-refractivity contribution is -0.113. The van der Waals surface area contributed by atoms with E-state index in [2.05, 4.69) is 104 Å². The number of hydrogen-bond acceptors (Lipinski definition) is 1. The molecule has 0 aliphatic heterocycles. The molecule has 0 radical (unpaired) electrons. The second kappa shape index (κ2) is 7.76. The molecule has 1 aliphatic rings. The van der Waals surface area contributed by atoms with Crippen LogP contribution in [0.1, 0.15) is 30.9 Å². The first kappa shape index (κ1) is 18.6. The van der Waals surface area contributed by atoms with Gasteiger partial charge in [-0.2, -0.15) is 0 Å². The first-order valence-electron chi connectivity index (χ1n) is 10.6. The average Bonchev–Trinajstić information content (AvgIpc) is 2.77. The van der Waals surface area contributed by atoms with Crippen molar-refractivity contribution in [1.29, 1.82) is 0 Å². The Hall–Kier alpha value is -3.45. The fourth-order valence-electron chi connectivity index (χ4n) is 4.53. The fourth-order valence-corrected chi connectivity index (χ4v) is 4.53. The number of ketones is 1. The lowest BCUT2D eigenvalue weighted by atomic mass is 9.80. The van der Waals surface area contributed by atoms with Gasteiger partial charge in [-0.3, -0.25) is 4.79 Å². The first-order chi connectivity index (χ1) is 14.7. The van der Waals surface area contributed by atoms with E-state index >= 15 is 0 Å². The van der Waals surface area contributed by atoms with Crippen LogP contribution in [0.5, 0.6) is 0 Å². The maximum atomic E-state index is 13.3. The number of carbonyl (C=O) groups is 1. The van der Waals surface area contributed by atoms with Crippen molar-refractivity contribution in [3.8, 4) is 0 Å². The number of rotatable bonds is 2. The van der Waals surface area contributed by atoms with Gasteiger partial charge >= 0.3 is 0 Å². The van der Waals surface area contributed by atoms with Crippen molar-refractivity contribution < 1.29 is 4.79 Å². The van der Waals surface area contributed by atoms with Crippen LogP contribution >= 0.6 is 0 Å². The standard InChI is InChI=1S/C29H24O/c1-20-15-26(18-21-13-14-22-7-2-3-9-24(22)17-21)29(30)27(16-20)19-25-11-6-10-23-8-4-5-12-28(23)25/h2-14,17-20H,15-16H2,1H3/b26-18+,27-19-/t20-/m1/s1. The van der Waals surface area contributed by atoms with Crippen molar-refractivity contribution in [2.75, 3.05) is 0 Å². The van der Waals surface area contributed by atoms with Gasteiger partial charge < -0.3 is 0 Å². The molecule has 0 saturated heterocycles. The normalized spacial score (nSPS) is 19.8. The zero-order valence-corrected chi connectivity index (χ0v) is 17.1. The van der Waals surface area contributed by atoms with E-state index < -0.39 is 0 Å². The minimum Gasteiger partial charge on any atom is -0.289 e. The van der Waals surface area contributed by atoms with Crippen LogP contribution in [0.3, 0.4) is 0 Å². The van der Waals surface area contributed by atoms with Crippen LogP contribution in [0.4, 0.5) is 0 Å². The van der Waals surface area contributed by atoms with E-state index in [1.807, 2.05) is 0 Å². The third-order valence-corrected chi connectivity index (χ3v) is 5.99. The topological polar surface area (TPSA) is 17.1 Å². The molecular formula is C29H24O. The van der Waals surface area contributed by atoms with E-state index in [4.69, 9.17) is 0 Å². The van der Waals surface area contributed by atoms with E-state index in [1.165, 1.54) is 21.5 Å². The fraction of sp³-hybridized carbons (Fsp3) is 0.138. The maximum Gasteiger partial charge on any atom is 0.185 e. The predicted molar refractivity (Wildman–Crippen MR) is 127 cm³/mol. The molecule has 1 aliphatic carbocycles. The summed E-state index contributed by atoms with van der Waals surface area (Å²) in [6, 6.07) is 29.4. The predicted octanol–water partition coefficient (Wildman–Crippen LogP) is 7.46. The summed E-state index contributed by atoms with van der Waals surface area (Å²) in [6.07, 6.45) is 5.85. The number of Topliss-reactive ketones (excluding diaryl/α,β-unsaturated/α-hetero) is 1. The minimum atomic E-state index is 0.189. The second-order valence-electron chi connectivity index (χ2n) is 8.36. The molecule has 0 aromatic heterocycles. The molecule has 146 valence electrons. The van der Waals surface area contributed by atoms with Crippen molar-refractivity contribution in [2.45, 2.75) is 19.8 Å². The molecular weight excluding hydrogens is 364 g/mol. The van der Waals surface area contributed by atoms with Crippen molar-refractivity contribution in [2.24, 2.45) is 5.92 Å². The molecule has 1 saturated carbocycles. The van der Waals surface area contributed by atoms with Gasteiger partial charge in [-0.1, -0.05) is 85.8 Å². The highest BCUT2D eigenvalue weighted by molar-refractivity contribution is 6.14. The molecule has 1 atom stereocenters. The Morgan fingerprint density at radius 3 is 2.20 bits per heavy atom. The third kappa shape index (κ3) is 3.59. The highest BCUT2D eigenvalue weighted by Gasteiger charge is 2.25. The summed E-state index contributed by atoms with van der Waals surface area (Å²) in [5.74, 6) is 0.643. The molecule has 0 spiro atoms. The largest absolute Gasteiger partial charge is 0.289 e. The minimum absolute atomic E-state index is 0.189. The molecule has 1 fully saturated rings. The summed E-state index contributed by atoms with van der Waals surface area (Å²) in [4.78, 5) is 13.3. The van der Waals surface area contributed by atoms with Gasteiger partial charge in [0.25, 0.3) is 0 Å². The molecule has 0 bridgehead atoms. The third-order valence-electron chi connectivity index (χ3n) is 5.99. The van der Waals surface area contributed by atoms with Gasteiger partial charge in [0.05, 0.1) is 0 Å². The molecule has 5 rings (SSSR count). The number of allylic oxidation sites excluding steroid dienone is 2. The van der Waals surface area contributed by atoms with Crippen molar-refractivity contribution in [3.05, 3.63) is 107 Å². The summed E-state index contributed by atoms with van der Waals surface area (Å²) in [5, 5.41) is 4.82. The highest BCUT2D eigenvalue weighted by Crippen LogP contribution is 2.33. The Morgan fingerprint density at radius 1 is 0.700 bits per heavy atom. The lowest BCUT2D eigenvalue weighted by Gasteiger charge is -2.23. The van der Waals surface area contributed by atoms with E-state index in [-0.39, 0.29) is 5.78 Å². The molecule has 0 unspecified atom stereocenters. The van der Waals surface area contributed by atoms with Crippen LogP contribution in [0.25, 0.3) is 33.7 Å². The lowest BCUT2D eigenvalue weighted by Crippen LogP contribution is -2.18. The quantitative estimate of drug-likeness (QED) is 0.326. The molecule has 1 nitrogen and oxygen atoms in total. The smallest absolute Gasteiger partial charge is 0.185 e. The van der Waals surface area contributed by atoms with Gasteiger partial charge in [0.1, 0.15) is 0 Å². The van der Waals surface area contributed by atoms with Crippen LogP contribution in [0.15, 0.2) is 96.1 Å². The Bertz CT molecular complexity index is 1320. The van der Waals surface area contributed by atoms with Crippen molar-refractivity contribution in [3.63, 3.8) is 0 Å². The monoisotopic (exact) mass is 388 g/mol. The van der Waals surface area contributed by atoms with Gasteiger partial charge in [0, 0.05) is 11.1 Å². The Kier molecular flexibility index (Phi) is 4.80. The van der Waals surface area contributed by atoms with E-state index in [0.717, 1.165) is 35.1 Å². The van der Waals surface area contributed by atoms with Crippen molar-refractivity contribution in [1.82, 2.24) is 0 Å². The summed E-state index contributed by atoms with van der Waals surface area (Å²) < 4.78 is 0. The maximum absolute atomic E-state index is 13.3. The first-order valence-corrected chi connectivity index (χ1v) is 10.6. The molecule has 4 aromatic carbocycles. The second-order valence-corrected chi connectivity index (χ2v) is 8.36. The van der Waals surface area contributed by atoms with Gasteiger partial charge in [-0.15, -0.1) is 0 Å². The van der Waals surface area contributed by atoms with Gasteiger partial charge in [-0.05, 0) is 69.6 Å². The zero-order valence-electron chi connectivity index (χ0n) is 17.1. The van der Waals surface area contributed by atoms with Crippen LogP contribution in [0, 0.1) is 5.92 Å². The molecule has 0 N–H and O–H groups in total. The summed E-state index contributed by atoms with van der Waals surface area (Å²) >= 11 is 0. The summed E-state index contributed by atoms with van der Waals surface area (Å²) in [7, 11) is 0. The van der Waals surface area contributed by atoms with E-state index in [0.29, 0.717) is 5.92 Å². The van der Waals surface area contributed by atoms with Gasteiger partial charge in [0.15, 0.2) is 5.78 Å². The SMILES string of the molecule is C[C@H]1C/C(=C/c2cccc3ccccc23)C(=O)/C(=C/c2ccc3ccccc3c2)C1. The van der Waals surface area contributed by atoms with E-state index in [9.17, 15) is 4.79 Å². The summed E-state index contributed by atoms with van der Waals surface area (Å²) in [6.45, 7) is 2.23. The Balaban J connectivity index is 1.54. The Morgan fingerprint density at radius 2 is 1.37 bits per heavy atom. The van der Waals surface area contributed by atoms with Crippen molar-refractivity contribution >= 4 is 39.5 Å². The molecule has 4 aromatic rings. The van der Waals surface area contributed by atoms with Crippen LogP contribution < -0.4 is 0 Å². The number of fused-ring (bicyclic) bond motifs is 2. The van der Waals surface area contributed by atoms with Crippen LogP contribution in [-0.2, 0) is 4.79 Å². The van der Waals surface area contributed by atoms with Crippen LogP contribution in [-0.4, -0.2) is 5.78 Å². The number of hydrogen-bond donors (Lipinski definition) is 0. The van der Waals surface area contributed by atoms with Gasteiger partial charge in [0.2, 0.25) is 0 Å². The molecule has 1 heteroatoms. The highest BCUT2D eigenvalue weighted by atomic mass is 16.1. The average molecular weight is 389 g/mol. The van der Waals surface area contributed by atoms with E-state index in [1.54, 1.807) is 0 Å². The molecule has 0 heterocycles. The summed E-state index contributed by atoms with van der Waals surface area (Å²) in [5.41, 5.74) is 4.04. The molecule has 30 heavy (non-hydrogen) atoms.